The minimum atomic E-state index is 0.239. The van der Waals surface area contributed by atoms with Crippen molar-refractivity contribution in [3.8, 4) is 0 Å². The third-order valence-corrected chi connectivity index (χ3v) is 2.91. The molecular formula is C14H27NO. The number of amides is 1. The highest BCUT2D eigenvalue weighted by Crippen LogP contribution is 2.08. The first kappa shape index (κ1) is 15.2. The second-order valence-electron chi connectivity index (χ2n) is 4.75. The van der Waals surface area contributed by atoms with Crippen molar-refractivity contribution in [2.75, 3.05) is 14.1 Å². The van der Waals surface area contributed by atoms with Crippen LogP contribution in [0, 0.1) is 5.92 Å². The molecule has 0 unspecified atom stereocenters. The fourth-order valence-electron chi connectivity index (χ4n) is 1.38. The second kappa shape index (κ2) is 9.44. The number of allylic oxidation sites excluding steroid dienone is 2. The average molecular weight is 225 g/mol. The molecule has 0 rings (SSSR count). The molecule has 0 aromatic carbocycles. The second-order valence-corrected chi connectivity index (χ2v) is 4.75. The van der Waals surface area contributed by atoms with Crippen LogP contribution < -0.4 is 0 Å². The average Bonchev–Trinajstić information content (AvgIpc) is 2.26. The van der Waals surface area contributed by atoms with Gasteiger partial charge in [0, 0.05) is 20.5 Å². The van der Waals surface area contributed by atoms with Crippen LogP contribution in [-0.4, -0.2) is 24.9 Å². The lowest BCUT2D eigenvalue weighted by molar-refractivity contribution is -0.128. The summed E-state index contributed by atoms with van der Waals surface area (Å²) in [6.45, 7) is 4.51. The lowest BCUT2D eigenvalue weighted by atomic mass is 10.0. The predicted molar refractivity (Wildman–Crippen MR) is 70.4 cm³/mol. The summed E-state index contributed by atoms with van der Waals surface area (Å²) in [6.07, 6.45) is 10.9. The van der Waals surface area contributed by atoms with Crippen molar-refractivity contribution < 1.29 is 4.79 Å². The van der Waals surface area contributed by atoms with E-state index >= 15 is 0 Å². The Balaban J connectivity index is 3.36. The van der Waals surface area contributed by atoms with Gasteiger partial charge in [-0.2, -0.15) is 0 Å². The van der Waals surface area contributed by atoms with Gasteiger partial charge in [-0.25, -0.2) is 0 Å². The molecule has 0 aromatic heterocycles. The fourth-order valence-corrected chi connectivity index (χ4v) is 1.38. The molecule has 16 heavy (non-hydrogen) atoms. The van der Waals surface area contributed by atoms with E-state index in [1.807, 2.05) is 14.1 Å². The molecule has 0 saturated heterocycles. The van der Waals surface area contributed by atoms with Crippen molar-refractivity contribution in [2.45, 2.75) is 52.4 Å². The quantitative estimate of drug-likeness (QED) is 0.456. The fraction of sp³-hybridized carbons (Fsp3) is 0.786. The zero-order valence-corrected chi connectivity index (χ0v) is 11.3. The van der Waals surface area contributed by atoms with Crippen LogP contribution in [0.4, 0.5) is 0 Å². The molecule has 0 bridgehead atoms. The van der Waals surface area contributed by atoms with Gasteiger partial charge in [0.05, 0.1) is 0 Å². The Bertz CT molecular complexity index is 209. The molecule has 0 spiro atoms. The van der Waals surface area contributed by atoms with Gasteiger partial charge in [-0.05, 0) is 31.6 Å². The molecule has 2 heteroatoms. The number of hydrogen-bond acceptors (Lipinski definition) is 1. The molecule has 0 radical (unpaired) electrons. The van der Waals surface area contributed by atoms with E-state index in [0.717, 1.165) is 25.2 Å². The molecule has 0 aliphatic heterocycles. The molecule has 0 fully saturated rings. The number of nitrogens with zero attached hydrogens (tertiary/aromatic N) is 1. The molecule has 0 N–H and O–H groups in total. The van der Waals surface area contributed by atoms with Crippen LogP contribution in [0.25, 0.3) is 0 Å². The molecule has 0 aliphatic rings. The van der Waals surface area contributed by atoms with Crippen molar-refractivity contribution in [3.63, 3.8) is 0 Å². The third kappa shape index (κ3) is 8.51. The first-order chi connectivity index (χ1) is 7.57. The van der Waals surface area contributed by atoms with E-state index in [9.17, 15) is 4.79 Å². The summed E-state index contributed by atoms with van der Waals surface area (Å²) in [5.74, 6) is 1.04. The van der Waals surface area contributed by atoms with Gasteiger partial charge >= 0.3 is 0 Å². The molecular weight excluding hydrogens is 198 g/mol. The summed E-state index contributed by atoms with van der Waals surface area (Å²) < 4.78 is 0. The van der Waals surface area contributed by atoms with E-state index in [1.165, 1.54) is 12.8 Å². The highest BCUT2D eigenvalue weighted by Gasteiger charge is 2.01. The van der Waals surface area contributed by atoms with Crippen molar-refractivity contribution >= 4 is 5.91 Å². The topological polar surface area (TPSA) is 20.3 Å². The van der Waals surface area contributed by atoms with E-state index in [-0.39, 0.29) is 5.91 Å². The van der Waals surface area contributed by atoms with Gasteiger partial charge in [-0.15, -0.1) is 0 Å². The zero-order chi connectivity index (χ0) is 12.4. The first-order valence-corrected chi connectivity index (χ1v) is 6.43. The van der Waals surface area contributed by atoms with Crippen LogP contribution >= 0.6 is 0 Å². The van der Waals surface area contributed by atoms with E-state index < -0.39 is 0 Å². The largest absolute Gasteiger partial charge is 0.349 e. The Morgan fingerprint density at radius 3 is 2.50 bits per heavy atom. The lowest BCUT2D eigenvalue weighted by Crippen LogP contribution is -2.20. The van der Waals surface area contributed by atoms with Gasteiger partial charge in [0.2, 0.25) is 5.91 Å². The summed E-state index contributed by atoms with van der Waals surface area (Å²) in [7, 11) is 3.63. The highest BCUT2D eigenvalue weighted by atomic mass is 16.2. The smallest absolute Gasteiger partial charge is 0.222 e. The summed E-state index contributed by atoms with van der Waals surface area (Å²) in [5, 5.41) is 0. The van der Waals surface area contributed by atoms with Crippen molar-refractivity contribution in [2.24, 2.45) is 5.92 Å². The standard InChI is InChI=1S/C14H27NO/c1-5-13(2)11-9-7-6-8-10-12-14(16)15(3)4/h7,9,13H,5-6,8,10-12H2,1-4H3/b9-7+/t13-/m0/s1. The molecule has 2 nitrogen and oxygen atoms in total. The normalized spacial score (nSPS) is 13.0. The van der Waals surface area contributed by atoms with Crippen LogP contribution in [0.15, 0.2) is 12.2 Å². The SMILES string of the molecule is CC[C@H](C)C/C=C/CCCCC(=O)N(C)C. The zero-order valence-electron chi connectivity index (χ0n) is 11.3. The molecule has 0 saturated carbocycles. The number of carbonyl (C=O) groups excluding carboxylic acids is 1. The van der Waals surface area contributed by atoms with E-state index in [1.54, 1.807) is 4.90 Å². The van der Waals surface area contributed by atoms with Crippen LogP contribution in [0.2, 0.25) is 0 Å². The summed E-state index contributed by atoms with van der Waals surface area (Å²) in [4.78, 5) is 12.9. The van der Waals surface area contributed by atoms with Crippen LogP contribution in [-0.2, 0) is 4.79 Å². The molecule has 1 atom stereocenters. The Kier molecular flexibility index (Phi) is 8.97. The van der Waals surface area contributed by atoms with E-state index in [4.69, 9.17) is 0 Å². The van der Waals surface area contributed by atoms with Gasteiger partial charge in [-0.3, -0.25) is 4.79 Å². The van der Waals surface area contributed by atoms with Gasteiger partial charge in [0.25, 0.3) is 0 Å². The van der Waals surface area contributed by atoms with Crippen molar-refractivity contribution in [3.05, 3.63) is 12.2 Å². The summed E-state index contributed by atoms with van der Waals surface area (Å²) in [5.41, 5.74) is 0. The molecule has 0 aromatic rings. The summed E-state index contributed by atoms with van der Waals surface area (Å²) >= 11 is 0. The third-order valence-electron chi connectivity index (χ3n) is 2.91. The van der Waals surface area contributed by atoms with Crippen LogP contribution in [0.5, 0.6) is 0 Å². The minimum Gasteiger partial charge on any atom is -0.349 e. The molecule has 1 amide bonds. The van der Waals surface area contributed by atoms with E-state index in [2.05, 4.69) is 26.0 Å². The van der Waals surface area contributed by atoms with Crippen molar-refractivity contribution in [1.29, 1.82) is 0 Å². The monoisotopic (exact) mass is 225 g/mol. The van der Waals surface area contributed by atoms with Gasteiger partial charge < -0.3 is 4.90 Å². The molecule has 94 valence electrons. The van der Waals surface area contributed by atoms with Crippen molar-refractivity contribution in [1.82, 2.24) is 4.90 Å². The Labute approximate surface area is 101 Å². The van der Waals surface area contributed by atoms with Crippen LogP contribution in [0.1, 0.15) is 52.4 Å². The predicted octanol–water partition coefficient (Wildman–Crippen LogP) is 3.63. The maximum absolute atomic E-state index is 11.3. The number of hydrogen-bond donors (Lipinski definition) is 0. The van der Waals surface area contributed by atoms with Gasteiger partial charge in [0.1, 0.15) is 0 Å². The highest BCUT2D eigenvalue weighted by molar-refractivity contribution is 5.75. The Morgan fingerprint density at radius 2 is 1.94 bits per heavy atom. The Hall–Kier alpha value is -0.790. The Morgan fingerprint density at radius 1 is 1.25 bits per heavy atom. The number of unbranched alkanes of at least 4 members (excludes halogenated alkanes) is 2. The first-order valence-electron chi connectivity index (χ1n) is 6.43. The summed E-state index contributed by atoms with van der Waals surface area (Å²) in [6, 6.07) is 0. The van der Waals surface area contributed by atoms with Gasteiger partial charge in [0.15, 0.2) is 0 Å². The minimum absolute atomic E-state index is 0.239. The van der Waals surface area contributed by atoms with Crippen LogP contribution in [0.3, 0.4) is 0 Å². The maximum atomic E-state index is 11.3. The molecule has 0 aliphatic carbocycles. The van der Waals surface area contributed by atoms with E-state index in [0.29, 0.717) is 6.42 Å². The maximum Gasteiger partial charge on any atom is 0.222 e. The number of rotatable bonds is 8. The van der Waals surface area contributed by atoms with Gasteiger partial charge in [-0.1, -0.05) is 32.4 Å². The lowest BCUT2D eigenvalue weighted by Gasteiger charge is -2.08. The number of carbonyl (C=O) groups is 1. The molecule has 0 heterocycles.